The van der Waals surface area contributed by atoms with Crippen molar-refractivity contribution in [1.29, 1.82) is 0 Å². The molecule has 0 aliphatic heterocycles. The maximum atomic E-state index is 12.9. The minimum Gasteiger partial charge on any atom is -0.390 e. The van der Waals surface area contributed by atoms with Crippen molar-refractivity contribution in [3.05, 3.63) is 27.2 Å². The molecule has 2 rings (SSSR count). The largest absolute Gasteiger partial charge is 0.390 e. The Balaban J connectivity index is 2.38. The zero-order valence-corrected chi connectivity index (χ0v) is 15.8. The van der Waals surface area contributed by atoms with E-state index in [-0.39, 0.29) is 11.2 Å². The highest BCUT2D eigenvalue weighted by Gasteiger charge is 2.17. The topological polar surface area (TPSA) is 82.1 Å². The lowest BCUT2D eigenvalue weighted by molar-refractivity contribution is 0.0678. The Bertz CT molecular complexity index is 824. The van der Waals surface area contributed by atoms with Crippen LogP contribution in [-0.4, -0.2) is 29.4 Å². The zero-order valence-electron chi connectivity index (χ0n) is 15.8. The van der Waals surface area contributed by atoms with E-state index in [1.807, 2.05) is 11.5 Å². The number of aryl methyl sites for hydroxylation is 2. The summed E-state index contributed by atoms with van der Waals surface area (Å²) < 4.78 is 4.75. The average molecular weight is 350 g/mol. The van der Waals surface area contributed by atoms with Crippen LogP contribution in [0.2, 0.25) is 0 Å². The minimum absolute atomic E-state index is 0.262. The molecule has 25 heavy (non-hydrogen) atoms. The molecule has 2 aromatic rings. The fraction of sp³-hybridized carbons (Fsp3) is 0.722. The minimum atomic E-state index is -0.725. The first-order valence-electron chi connectivity index (χ1n) is 9.21. The van der Waals surface area contributed by atoms with E-state index in [4.69, 9.17) is 0 Å². The van der Waals surface area contributed by atoms with E-state index in [2.05, 4.69) is 11.9 Å². The van der Waals surface area contributed by atoms with Crippen LogP contribution >= 0.6 is 0 Å². The maximum Gasteiger partial charge on any atom is 0.332 e. The standard InChI is InChI=1S/C18H30N4O3/c1-5-7-11-20-13-19-15-14(20)16(23)22(17(24)21(15)6-2)12-9-8-10-18(3,4)25/h13,25H,5-12H2,1-4H3. The summed E-state index contributed by atoms with van der Waals surface area (Å²) in [5.74, 6) is 0. The van der Waals surface area contributed by atoms with Crippen molar-refractivity contribution in [2.45, 2.75) is 85.0 Å². The highest BCUT2D eigenvalue weighted by molar-refractivity contribution is 5.70. The lowest BCUT2D eigenvalue weighted by Crippen LogP contribution is -2.40. The van der Waals surface area contributed by atoms with E-state index in [1.54, 1.807) is 24.7 Å². The summed E-state index contributed by atoms with van der Waals surface area (Å²) in [5, 5.41) is 9.79. The molecule has 7 nitrogen and oxygen atoms in total. The van der Waals surface area contributed by atoms with Crippen molar-refractivity contribution in [1.82, 2.24) is 18.7 Å². The maximum absolute atomic E-state index is 12.9. The number of aromatic nitrogens is 4. The van der Waals surface area contributed by atoms with E-state index in [9.17, 15) is 14.7 Å². The third-order valence-corrected chi connectivity index (χ3v) is 4.47. The molecule has 0 amide bonds. The Morgan fingerprint density at radius 2 is 1.80 bits per heavy atom. The normalized spacial score (nSPS) is 12.2. The molecular weight excluding hydrogens is 320 g/mol. The first-order chi connectivity index (χ1) is 11.8. The quantitative estimate of drug-likeness (QED) is 0.702. The Morgan fingerprint density at radius 1 is 1.08 bits per heavy atom. The van der Waals surface area contributed by atoms with Gasteiger partial charge in [0, 0.05) is 19.6 Å². The molecule has 2 heterocycles. The lowest BCUT2D eigenvalue weighted by atomic mass is 10.0. The fourth-order valence-corrected chi connectivity index (χ4v) is 3.05. The van der Waals surface area contributed by atoms with Crippen molar-refractivity contribution in [2.24, 2.45) is 0 Å². The number of imidazole rings is 1. The number of aliphatic hydroxyl groups is 1. The first kappa shape index (κ1) is 19.4. The van der Waals surface area contributed by atoms with Crippen molar-refractivity contribution in [3.8, 4) is 0 Å². The van der Waals surface area contributed by atoms with Crippen LogP contribution in [0.3, 0.4) is 0 Å². The summed E-state index contributed by atoms with van der Waals surface area (Å²) in [6.45, 7) is 9.08. The van der Waals surface area contributed by atoms with Gasteiger partial charge in [-0.15, -0.1) is 0 Å². The molecule has 0 aromatic carbocycles. The Kier molecular flexibility index (Phi) is 6.21. The van der Waals surface area contributed by atoms with Crippen molar-refractivity contribution < 1.29 is 5.11 Å². The molecule has 0 saturated carbocycles. The Morgan fingerprint density at radius 3 is 2.40 bits per heavy atom. The molecule has 0 spiro atoms. The van der Waals surface area contributed by atoms with Crippen molar-refractivity contribution in [3.63, 3.8) is 0 Å². The van der Waals surface area contributed by atoms with Crippen LogP contribution in [0.4, 0.5) is 0 Å². The Hall–Kier alpha value is -1.89. The van der Waals surface area contributed by atoms with Gasteiger partial charge in [-0.1, -0.05) is 13.3 Å². The summed E-state index contributed by atoms with van der Waals surface area (Å²) >= 11 is 0. The smallest absolute Gasteiger partial charge is 0.332 e. The van der Waals surface area contributed by atoms with E-state index < -0.39 is 5.60 Å². The molecule has 2 aromatic heterocycles. The molecule has 140 valence electrons. The van der Waals surface area contributed by atoms with Gasteiger partial charge in [0.25, 0.3) is 5.56 Å². The third kappa shape index (κ3) is 4.39. The van der Waals surface area contributed by atoms with Gasteiger partial charge >= 0.3 is 5.69 Å². The van der Waals surface area contributed by atoms with Gasteiger partial charge in [0.15, 0.2) is 11.2 Å². The zero-order chi connectivity index (χ0) is 18.6. The summed E-state index contributed by atoms with van der Waals surface area (Å²) in [4.78, 5) is 29.9. The molecule has 0 bridgehead atoms. The molecule has 0 aliphatic rings. The Labute approximate surface area is 147 Å². The van der Waals surface area contributed by atoms with Crippen LogP contribution in [0.25, 0.3) is 11.2 Å². The predicted octanol–water partition coefficient (Wildman–Crippen LogP) is 2.12. The number of fused-ring (bicyclic) bond motifs is 1. The summed E-state index contributed by atoms with van der Waals surface area (Å²) in [6.07, 6.45) is 5.72. The van der Waals surface area contributed by atoms with E-state index in [0.717, 1.165) is 25.8 Å². The summed E-state index contributed by atoms with van der Waals surface area (Å²) in [5.41, 5.74) is -0.304. The molecule has 0 unspecified atom stereocenters. The molecule has 0 aliphatic carbocycles. The van der Waals surface area contributed by atoms with Gasteiger partial charge in [0.2, 0.25) is 0 Å². The average Bonchev–Trinajstić information content (AvgIpc) is 2.95. The van der Waals surface area contributed by atoms with Crippen LogP contribution in [0.15, 0.2) is 15.9 Å². The number of hydrogen-bond acceptors (Lipinski definition) is 4. The van der Waals surface area contributed by atoms with Crippen molar-refractivity contribution in [2.75, 3.05) is 0 Å². The second-order valence-electron chi connectivity index (χ2n) is 7.22. The molecule has 0 atom stereocenters. The summed E-state index contributed by atoms with van der Waals surface area (Å²) in [7, 11) is 0. The number of rotatable bonds is 9. The van der Waals surface area contributed by atoms with Gasteiger partial charge in [0.05, 0.1) is 11.9 Å². The number of nitrogens with zero attached hydrogens (tertiary/aromatic N) is 4. The predicted molar refractivity (Wildman–Crippen MR) is 99.0 cm³/mol. The van der Waals surface area contributed by atoms with Crippen LogP contribution in [-0.2, 0) is 19.6 Å². The molecule has 0 saturated heterocycles. The second kappa shape index (κ2) is 7.99. The molecule has 0 radical (unpaired) electrons. The van der Waals surface area contributed by atoms with Crippen LogP contribution in [0, 0.1) is 0 Å². The van der Waals surface area contributed by atoms with Crippen molar-refractivity contribution >= 4 is 11.2 Å². The monoisotopic (exact) mass is 350 g/mol. The van der Waals surface area contributed by atoms with Gasteiger partial charge in [-0.05, 0) is 46.5 Å². The van der Waals surface area contributed by atoms with Gasteiger partial charge in [-0.2, -0.15) is 0 Å². The van der Waals surface area contributed by atoms with E-state index >= 15 is 0 Å². The van der Waals surface area contributed by atoms with Crippen LogP contribution < -0.4 is 11.2 Å². The highest BCUT2D eigenvalue weighted by atomic mass is 16.3. The molecule has 0 fully saturated rings. The van der Waals surface area contributed by atoms with Gasteiger partial charge in [0.1, 0.15) is 0 Å². The lowest BCUT2D eigenvalue weighted by Gasteiger charge is -2.16. The molecular formula is C18H30N4O3. The van der Waals surface area contributed by atoms with Gasteiger partial charge in [-0.25, -0.2) is 9.78 Å². The molecule has 1 N–H and O–H groups in total. The van der Waals surface area contributed by atoms with Crippen LogP contribution in [0.5, 0.6) is 0 Å². The van der Waals surface area contributed by atoms with Crippen LogP contribution in [0.1, 0.15) is 59.8 Å². The number of unbranched alkanes of at least 4 members (excludes halogenated alkanes) is 2. The van der Waals surface area contributed by atoms with E-state index in [0.29, 0.717) is 37.1 Å². The molecule has 7 heteroatoms. The third-order valence-electron chi connectivity index (χ3n) is 4.47. The van der Waals surface area contributed by atoms with Gasteiger partial charge < -0.3 is 9.67 Å². The second-order valence-corrected chi connectivity index (χ2v) is 7.22. The SMILES string of the molecule is CCCCn1cnc2c1c(=O)n(CCCCC(C)(C)O)c(=O)n2CC. The highest BCUT2D eigenvalue weighted by Crippen LogP contribution is 2.13. The van der Waals surface area contributed by atoms with E-state index in [1.165, 1.54) is 4.57 Å². The fourth-order valence-electron chi connectivity index (χ4n) is 3.05. The summed E-state index contributed by atoms with van der Waals surface area (Å²) in [6, 6.07) is 0. The van der Waals surface area contributed by atoms with Gasteiger partial charge in [-0.3, -0.25) is 13.9 Å². The number of hydrogen-bond donors (Lipinski definition) is 1. The first-order valence-corrected chi connectivity index (χ1v) is 9.21.